The van der Waals surface area contributed by atoms with Gasteiger partial charge >= 0.3 is 0 Å². The van der Waals surface area contributed by atoms with E-state index in [2.05, 4.69) is 9.97 Å². The molecule has 2 aromatic rings. The number of hydrogen-bond donors (Lipinski definition) is 2. The summed E-state index contributed by atoms with van der Waals surface area (Å²) in [4.78, 5) is 10.3. The van der Waals surface area contributed by atoms with E-state index >= 15 is 0 Å². The van der Waals surface area contributed by atoms with Crippen LogP contribution < -0.4 is 10.6 Å². The van der Waals surface area contributed by atoms with Crippen molar-refractivity contribution < 1.29 is 5.11 Å². The van der Waals surface area contributed by atoms with E-state index in [1.54, 1.807) is 0 Å². The lowest BCUT2D eigenvalue weighted by atomic mass is 10.2. The van der Waals surface area contributed by atoms with Crippen molar-refractivity contribution >= 4 is 22.4 Å². The summed E-state index contributed by atoms with van der Waals surface area (Å²) in [6, 6.07) is 5.52. The average Bonchev–Trinajstić information content (AvgIpc) is 2.28. The first-order chi connectivity index (χ1) is 7.72. The van der Waals surface area contributed by atoms with Gasteiger partial charge < -0.3 is 15.7 Å². The van der Waals surface area contributed by atoms with Gasteiger partial charge in [-0.2, -0.15) is 0 Å². The van der Waals surface area contributed by atoms with Crippen LogP contribution in [0.5, 0.6) is 0 Å². The van der Waals surface area contributed by atoms with Gasteiger partial charge in [0.15, 0.2) is 0 Å². The SMILES string of the molecule is CN(CCO)c1ncnc2ccc(N)cc12. The molecule has 0 aliphatic carbocycles. The van der Waals surface area contributed by atoms with Crippen LogP contribution in [0.2, 0.25) is 0 Å². The van der Waals surface area contributed by atoms with Crippen LogP contribution in [-0.4, -0.2) is 35.3 Å². The molecule has 1 heterocycles. The molecule has 3 N–H and O–H groups in total. The van der Waals surface area contributed by atoms with Gasteiger partial charge in [0.1, 0.15) is 12.1 Å². The molecule has 0 atom stereocenters. The summed E-state index contributed by atoms with van der Waals surface area (Å²) < 4.78 is 0. The van der Waals surface area contributed by atoms with Crippen LogP contribution in [0.15, 0.2) is 24.5 Å². The van der Waals surface area contributed by atoms with Crippen LogP contribution in [0.4, 0.5) is 11.5 Å². The summed E-state index contributed by atoms with van der Waals surface area (Å²) in [5.41, 5.74) is 7.28. The lowest BCUT2D eigenvalue weighted by molar-refractivity contribution is 0.304. The average molecular weight is 218 g/mol. The number of nitrogens with two attached hydrogens (primary N) is 1. The third-order valence-corrected chi connectivity index (χ3v) is 2.44. The Hall–Kier alpha value is -1.88. The number of anilines is 2. The first-order valence-electron chi connectivity index (χ1n) is 5.04. The summed E-state index contributed by atoms with van der Waals surface area (Å²) in [5.74, 6) is 0.784. The molecule has 0 saturated carbocycles. The zero-order valence-corrected chi connectivity index (χ0v) is 9.09. The minimum atomic E-state index is 0.0876. The highest BCUT2D eigenvalue weighted by Crippen LogP contribution is 2.23. The van der Waals surface area contributed by atoms with Crippen molar-refractivity contribution in [2.45, 2.75) is 0 Å². The number of likely N-dealkylation sites (N-methyl/N-ethyl adjacent to an activating group) is 1. The Bertz CT molecular complexity index is 500. The summed E-state index contributed by atoms with van der Waals surface area (Å²) in [6.07, 6.45) is 1.52. The van der Waals surface area contributed by atoms with Gasteiger partial charge in [0.2, 0.25) is 0 Å². The van der Waals surface area contributed by atoms with Gasteiger partial charge in [0, 0.05) is 24.7 Å². The number of fused-ring (bicyclic) bond motifs is 1. The van der Waals surface area contributed by atoms with E-state index in [9.17, 15) is 0 Å². The lowest BCUT2D eigenvalue weighted by Crippen LogP contribution is -2.22. The number of aliphatic hydroxyl groups excluding tert-OH is 1. The predicted molar refractivity (Wildman–Crippen MR) is 64.3 cm³/mol. The molecular formula is C11H14N4O. The molecule has 1 aromatic heterocycles. The topological polar surface area (TPSA) is 75.3 Å². The first kappa shape index (κ1) is 10.6. The van der Waals surface area contributed by atoms with Gasteiger partial charge in [-0.3, -0.25) is 0 Å². The summed E-state index contributed by atoms with van der Waals surface area (Å²) in [5, 5.41) is 9.82. The molecule has 16 heavy (non-hydrogen) atoms. The van der Waals surface area contributed by atoms with Gasteiger partial charge in [-0.25, -0.2) is 9.97 Å². The molecule has 0 amide bonds. The maximum absolute atomic E-state index is 8.91. The van der Waals surface area contributed by atoms with Gasteiger partial charge in [0.05, 0.1) is 12.1 Å². The smallest absolute Gasteiger partial charge is 0.139 e. The summed E-state index contributed by atoms with van der Waals surface area (Å²) >= 11 is 0. The Morgan fingerprint density at radius 2 is 2.19 bits per heavy atom. The van der Waals surface area contributed by atoms with E-state index < -0.39 is 0 Å². The number of benzene rings is 1. The van der Waals surface area contributed by atoms with E-state index in [0.29, 0.717) is 12.2 Å². The van der Waals surface area contributed by atoms with Crippen molar-refractivity contribution in [1.29, 1.82) is 0 Å². The Morgan fingerprint density at radius 1 is 1.38 bits per heavy atom. The van der Waals surface area contributed by atoms with Gasteiger partial charge in [-0.15, -0.1) is 0 Å². The largest absolute Gasteiger partial charge is 0.399 e. The highest BCUT2D eigenvalue weighted by molar-refractivity contribution is 5.91. The lowest BCUT2D eigenvalue weighted by Gasteiger charge is -2.18. The van der Waals surface area contributed by atoms with Crippen LogP contribution in [0.25, 0.3) is 10.9 Å². The molecule has 84 valence electrons. The first-order valence-corrected chi connectivity index (χ1v) is 5.04. The zero-order chi connectivity index (χ0) is 11.5. The summed E-state index contributed by atoms with van der Waals surface area (Å²) in [6.45, 7) is 0.616. The quantitative estimate of drug-likeness (QED) is 0.739. The Labute approximate surface area is 93.5 Å². The molecule has 0 spiro atoms. The second kappa shape index (κ2) is 4.32. The molecule has 0 bridgehead atoms. The number of nitrogens with zero attached hydrogens (tertiary/aromatic N) is 3. The number of hydrogen-bond acceptors (Lipinski definition) is 5. The minimum absolute atomic E-state index is 0.0876. The van der Waals surface area contributed by atoms with E-state index in [4.69, 9.17) is 10.8 Å². The molecule has 0 radical (unpaired) electrons. The van der Waals surface area contributed by atoms with Crippen molar-refractivity contribution in [3.05, 3.63) is 24.5 Å². The molecule has 0 aliphatic heterocycles. The fourth-order valence-electron chi connectivity index (χ4n) is 1.62. The van der Waals surface area contributed by atoms with Crippen molar-refractivity contribution in [2.24, 2.45) is 0 Å². The number of aliphatic hydroxyl groups is 1. The van der Waals surface area contributed by atoms with Crippen LogP contribution in [0.3, 0.4) is 0 Å². The third kappa shape index (κ3) is 1.90. The van der Waals surface area contributed by atoms with Crippen molar-refractivity contribution in [3.63, 3.8) is 0 Å². The molecule has 0 aliphatic rings. The monoisotopic (exact) mass is 218 g/mol. The molecule has 0 saturated heterocycles. The van der Waals surface area contributed by atoms with Crippen molar-refractivity contribution in [2.75, 3.05) is 30.8 Å². The third-order valence-electron chi connectivity index (χ3n) is 2.44. The number of aromatic nitrogens is 2. The number of rotatable bonds is 3. The fourth-order valence-corrected chi connectivity index (χ4v) is 1.62. The maximum Gasteiger partial charge on any atom is 0.139 e. The molecular weight excluding hydrogens is 204 g/mol. The molecule has 5 nitrogen and oxygen atoms in total. The second-order valence-corrected chi connectivity index (χ2v) is 3.62. The highest BCUT2D eigenvalue weighted by Gasteiger charge is 2.07. The van der Waals surface area contributed by atoms with Crippen LogP contribution >= 0.6 is 0 Å². The predicted octanol–water partition coefficient (Wildman–Crippen LogP) is 0.640. The minimum Gasteiger partial charge on any atom is -0.399 e. The van der Waals surface area contributed by atoms with Crippen molar-refractivity contribution in [3.8, 4) is 0 Å². The summed E-state index contributed by atoms with van der Waals surface area (Å²) in [7, 11) is 1.88. The van der Waals surface area contributed by atoms with E-state index in [1.165, 1.54) is 6.33 Å². The Morgan fingerprint density at radius 3 is 2.94 bits per heavy atom. The highest BCUT2D eigenvalue weighted by atomic mass is 16.3. The van der Waals surface area contributed by atoms with Crippen LogP contribution in [0, 0.1) is 0 Å². The molecule has 0 fully saturated rings. The van der Waals surface area contributed by atoms with Gasteiger partial charge in [0.25, 0.3) is 0 Å². The fraction of sp³-hybridized carbons (Fsp3) is 0.273. The van der Waals surface area contributed by atoms with Crippen molar-refractivity contribution in [1.82, 2.24) is 9.97 Å². The standard InChI is InChI=1S/C11H14N4O/c1-15(4-5-16)11-9-6-8(12)2-3-10(9)13-7-14-11/h2-3,6-7,16H,4-5,12H2,1H3. The Balaban J connectivity index is 2.55. The van der Waals surface area contributed by atoms with E-state index in [0.717, 1.165) is 16.7 Å². The Kier molecular flexibility index (Phi) is 2.87. The molecule has 2 rings (SSSR count). The number of nitrogen functional groups attached to an aromatic ring is 1. The molecule has 5 heteroatoms. The van der Waals surface area contributed by atoms with Crippen LogP contribution in [0.1, 0.15) is 0 Å². The van der Waals surface area contributed by atoms with E-state index in [1.807, 2.05) is 30.1 Å². The second-order valence-electron chi connectivity index (χ2n) is 3.62. The van der Waals surface area contributed by atoms with Gasteiger partial charge in [-0.05, 0) is 18.2 Å². The van der Waals surface area contributed by atoms with E-state index in [-0.39, 0.29) is 6.61 Å². The maximum atomic E-state index is 8.91. The normalized spacial score (nSPS) is 10.6. The zero-order valence-electron chi connectivity index (χ0n) is 9.09. The van der Waals surface area contributed by atoms with Gasteiger partial charge in [-0.1, -0.05) is 0 Å². The van der Waals surface area contributed by atoms with Crippen LogP contribution in [-0.2, 0) is 0 Å². The molecule has 0 unspecified atom stereocenters. The molecule has 1 aromatic carbocycles.